The molecule has 0 fully saturated rings. The second-order valence-electron chi connectivity index (χ2n) is 4.31. The minimum Gasteiger partial charge on any atom is -0.481 e. The van der Waals surface area contributed by atoms with Crippen LogP contribution in [-0.2, 0) is 9.53 Å². The van der Waals surface area contributed by atoms with Crippen LogP contribution in [0.2, 0.25) is 5.02 Å². The number of amides is 1. The van der Waals surface area contributed by atoms with Crippen LogP contribution in [0.15, 0.2) is 24.3 Å². The minimum atomic E-state index is -0.499. The largest absolute Gasteiger partial charge is 0.481 e. The van der Waals surface area contributed by atoms with Gasteiger partial charge in [-0.05, 0) is 38.0 Å². The zero-order valence-corrected chi connectivity index (χ0v) is 12.8. The highest BCUT2D eigenvalue weighted by Crippen LogP contribution is 2.19. The standard InChI is InChI=1S/C15H22ClNO3/c1-3-14(15(18)17-9-6-10-19-4-2)20-13-8-5-7-12(16)11-13/h5,7-8,11,14H,3-4,6,9-10H2,1-2H3,(H,17,18). The van der Waals surface area contributed by atoms with Crippen molar-refractivity contribution in [3.63, 3.8) is 0 Å². The Morgan fingerprint density at radius 3 is 2.85 bits per heavy atom. The van der Waals surface area contributed by atoms with Crippen molar-refractivity contribution in [1.29, 1.82) is 0 Å². The first-order valence-electron chi connectivity index (χ1n) is 6.95. The first-order chi connectivity index (χ1) is 9.67. The third-order valence-electron chi connectivity index (χ3n) is 2.71. The molecule has 1 unspecified atom stereocenters. The van der Waals surface area contributed by atoms with Crippen LogP contribution in [0.5, 0.6) is 5.75 Å². The molecule has 0 aliphatic carbocycles. The summed E-state index contributed by atoms with van der Waals surface area (Å²) < 4.78 is 10.9. The maximum Gasteiger partial charge on any atom is 0.261 e. The molecule has 1 rings (SSSR count). The van der Waals surface area contributed by atoms with E-state index in [4.69, 9.17) is 21.1 Å². The number of hydrogen-bond acceptors (Lipinski definition) is 3. The summed E-state index contributed by atoms with van der Waals surface area (Å²) in [6, 6.07) is 7.05. The Bertz CT molecular complexity index is 412. The Morgan fingerprint density at radius 1 is 1.40 bits per heavy atom. The van der Waals surface area contributed by atoms with E-state index in [0.29, 0.717) is 37.0 Å². The number of halogens is 1. The van der Waals surface area contributed by atoms with E-state index in [2.05, 4.69) is 5.32 Å². The highest BCUT2D eigenvalue weighted by atomic mass is 35.5. The van der Waals surface area contributed by atoms with Crippen LogP contribution in [0.1, 0.15) is 26.7 Å². The summed E-state index contributed by atoms with van der Waals surface area (Å²) in [5.41, 5.74) is 0. The zero-order valence-electron chi connectivity index (χ0n) is 12.0. The molecule has 0 heterocycles. The lowest BCUT2D eigenvalue weighted by Crippen LogP contribution is -2.38. The van der Waals surface area contributed by atoms with Crippen molar-refractivity contribution in [2.24, 2.45) is 0 Å². The molecule has 1 atom stereocenters. The number of carbonyl (C=O) groups excluding carboxylic acids is 1. The third kappa shape index (κ3) is 6.26. The second-order valence-corrected chi connectivity index (χ2v) is 4.75. The monoisotopic (exact) mass is 299 g/mol. The SMILES string of the molecule is CCOCCCNC(=O)C(CC)Oc1cccc(Cl)c1. The van der Waals surface area contributed by atoms with Gasteiger partial charge in [0.05, 0.1) is 0 Å². The van der Waals surface area contributed by atoms with Crippen LogP contribution in [0.3, 0.4) is 0 Å². The fourth-order valence-corrected chi connectivity index (χ4v) is 1.85. The van der Waals surface area contributed by atoms with Crippen molar-refractivity contribution in [1.82, 2.24) is 5.32 Å². The van der Waals surface area contributed by atoms with Gasteiger partial charge in [0.25, 0.3) is 5.91 Å². The van der Waals surface area contributed by atoms with E-state index in [0.717, 1.165) is 6.42 Å². The summed E-state index contributed by atoms with van der Waals surface area (Å²) in [6.07, 6.45) is 0.900. The van der Waals surface area contributed by atoms with E-state index in [1.54, 1.807) is 24.3 Å². The molecule has 1 aromatic carbocycles. The van der Waals surface area contributed by atoms with Crippen molar-refractivity contribution in [2.45, 2.75) is 32.8 Å². The van der Waals surface area contributed by atoms with E-state index in [1.807, 2.05) is 13.8 Å². The number of rotatable bonds is 9. The first-order valence-corrected chi connectivity index (χ1v) is 7.32. The van der Waals surface area contributed by atoms with E-state index in [-0.39, 0.29) is 5.91 Å². The molecule has 0 aliphatic rings. The number of nitrogens with one attached hydrogen (secondary N) is 1. The number of carbonyl (C=O) groups is 1. The lowest BCUT2D eigenvalue weighted by molar-refractivity contribution is -0.128. The van der Waals surface area contributed by atoms with Crippen molar-refractivity contribution in [3.05, 3.63) is 29.3 Å². The molecule has 20 heavy (non-hydrogen) atoms. The number of hydrogen-bond donors (Lipinski definition) is 1. The van der Waals surface area contributed by atoms with Gasteiger partial charge in [-0.1, -0.05) is 24.6 Å². The molecule has 0 saturated carbocycles. The molecule has 0 bridgehead atoms. The normalized spacial score (nSPS) is 11.9. The van der Waals surface area contributed by atoms with Crippen molar-refractivity contribution in [3.8, 4) is 5.75 Å². The first kappa shape index (κ1) is 16.8. The van der Waals surface area contributed by atoms with Gasteiger partial charge in [0.2, 0.25) is 0 Å². The molecule has 0 radical (unpaired) electrons. The zero-order chi connectivity index (χ0) is 14.8. The molecule has 4 nitrogen and oxygen atoms in total. The van der Waals surface area contributed by atoms with Gasteiger partial charge in [-0.15, -0.1) is 0 Å². The Balaban J connectivity index is 2.39. The molecule has 112 valence electrons. The summed E-state index contributed by atoms with van der Waals surface area (Å²) in [6.45, 7) is 5.81. The predicted octanol–water partition coefficient (Wildman–Crippen LogP) is 3.04. The van der Waals surface area contributed by atoms with Crippen LogP contribution in [0.25, 0.3) is 0 Å². The van der Waals surface area contributed by atoms with Gasteiger partial charge in [-0.25, -0.2) is 0 Å². The summed E-state index contributed by atoms with van der Waals surface area (Å²) in [7, 11) is 0. The quantitative estimate of drug-likeness (QED) is 0.713. The van der Waals surface area contributed by atoms with E-state index in [9.17, 15) is 4.79 Å². The molecule has 0 aromatic heterocycles. The van der Waals surface area contributed by atoms with E-state index >= 15 is 0 Å². The average Bonchev–Trinajstić information content (AvgIpc) is 2.44. The predicted molar refractivity (Wildman–Crippen MR) is 80.3 cm³/mol. The highest BCUT2D eigenvalue weighted by Gasteiger charge is 2.17. The third-order valence-corrected chi connectivity index (χ3v) is 2.94. The molecule has 5 heteroatoms. The summed E-state index contributed by atoms with van der Waals surface area (Å²) in [5.74, 6) is 0.498. The summed E-state index contributed by atoms with van der Waals surface area (Å²) in [4.78, 5) is 12.0. The van der Waals surface area contributed by atoms with E-state index in [1.165, 1.54) is 0 Å². The Labute approximate surface area is 125 Å². The van der Waals surface area contributed by atoms with Gasteiger partial charge in [0.1, 0.15) is 5.75 Å². The maximum atomic E-state index is 12.0. The van der Waals surface area contributed by atoms with Gasteiger partial charge in [0, 0.05) is 24.8 Å². The van der Waals surface area contributed by atoms with Crippen LogP contribution < -0.4 is 10.1 Å². The lowest BCUT2D eigenvalue weighted by Gasteiger charge is -2.17. The molecule has 0 aliphatic heterocycles. The number of benzene rings is 1. The highest BCUT2D eigenvalue weighted by molar-refractivity contribution is 6.30. The Morgan fingerprint density at radius 2 is 2.20 bits per heavy atom. The summed E-state index contributed by atoms with van der Waals surface area (Å²) >= 11 is 5.89. The van der Waals surface area contributed by atoms with Gasteiger partial charge >= 0.3 is 0 Å². The van der Waals surface area contributed by atoms with Crippen LogP contribution in [-0.4, -0.2) is 31.8 Å². The number of ether oxygens (including phenoxy) is 2. The van der Waals surface area contributed by atoms with Gasteiger partial charge in [-0.3, -0.25) is 4.79 Å². The topological polar surface area (TPSA) is 47.6 Å². The van der Waals surface area contributed by atoms with Crippen molar-refractivity contribution >= 4 is 17.5 Å². The van der Waals surface area contributed by atoms with Crippen LogP contribution in [0, 0.1) is 0 Å². The molecule has 0 saturated heterocycles. The smallest absolute Gasteiger partial charge is 0.261 e. The fourth-order valence-electron chi connectivity index (χ4n) is 1.67. The lowest BCUT2D eigenvalue weighted by atomic mass is 10.2. The van der Waals surface area contributed by atoms with Crippen LogP contribution >= 0.6 is 11.6 Å². The Kier molecular flexibility index (Phi) is 8.07. The molecule has 0 spiro atoms. The van der Waals surface area contributed by atoms with Crippen molar-refractivity contribution in [2.75, 3.05) is 19.8 Å². The fraction of sp³-hybridized carbons (Fsp3) is 0.533. The molecular weight excluding hydrogens is 278 g/mol. The van der Waals surface area contributed by atoms with Gasteiger partial charge in [-0.2, -0.15) is 0 Å². The molecule has 1 aromatic rings. The minimum absolute atomic E-state index is 0.107. The van der Waals surface area contributed by atoms with E-state index < -0.39 is 6.10 Å². The molecular formula is C15H22ClNO3. The van der Waals surface area contributed by atoms with Gasteiger partial charge < -0.3 is 14.8 Å². The van der Waals surface area contributed by atoms with Crippen LogP contribution in [0.4, 0.5) is 0 Å². The maximum absolute atomic E-state index is 12.0. The van der Waals surface area contributed by atoms with Gasteiger partial charge in [0.15, 0.2) is 6.10 Å². The Hall–Kier alpha value is -1.26. The summed E-state index contributed by atoms with van der Waals surface area (Å²) in [5, 5.41) is 3.44. The second kappa shape index (κ2) is 9.61. The molecule has 1 N–H and O–H groups in total. The molecule has 1 amide bonds. The van der Waals surface area contributed by atoms with Crippen molar-refractivity contribution < 1.29 is 14.3 Å². The average molecular weight is 300 g/mol.